The zero-order chi connectivity index (χ0) is 16.1. The first-order chi connectivity index (χ1) is 9.50. The van der Waals surface area contributed by atoms with Gasteiger partial charge in [0.25, 0.3) is 0 Å². The van der Waals surface area contributed by atoms with Gasteiger partial charge in [0.1, 0.15) is 0 Å². The van der Waals surface area contributed by atoms with Crippen molar-refractivity contribution >= 4 is 26.6 Å². The monoisotopic (exact) mass is 328 g/mol. The number of carbonyl (C=O) groups is 1. The Balaban J connectivity index is 0.00000242. The second-order valence-electron chi connectivity index (χ2n) is 7.84. The normalized spacial score (nSPS) is 28.6. The Kier molecular flexibility index (Phi) is 5.53. The van der Waals surface area contributed by atoms with E-state index in [9.17, 15) is 4.79 Å². The summed E-state index contributed by atoms with van der Waals surface area (Å²) in [6, 6.07) is 0. The van der Waals surface area contributed by atoms with Gasteiger partial charge in [0.2, 0.25) is 0 Å². The number of rotatable bonds is 2. The van der Waals surface area contributed by atoms with E-state index in [2.05, 4.69) is 19.9 Å². The SMILES string of the molecule is COC(=O)[C@H]1CC(B2OC(C)(C)C(C)(C)O2)=CCC1(C)C.S. The summed E-state index contributed by atoms with van der Waals surface area (Å²) in [5, 5.41) is 0. The van der Waals surface area contributed by atoms with Crippen LogP contribution in [-0.2, 0) is 18.8 Å². The first-order valence-electron chi connectivity index (χ1n) is 7.62. The highest BCUT2D eigenvalue weighted by Crippen LogP contribution is 2.45. The van der Waals surface area contributed by atoms with Gasteiger partial charge in [-0.2, -0.15) is 13.5 Å². The summed E-state index contributed by atoms with van der Waals surface area (Å²) in [6.45, 7) is 12.4. The summed E-state index contributed by atoms with van der Waals surface area (Å²) in [5.41, 5.74) is 0.252. The van der Waals surface area contributed by atoms with Gasteiger partial charge in [-0.15, -0.1) is 0 Å². The van der Waals surface area contributed by atoms with E-state index in [1.807, 2.05) is 27.7 Å². The molecule has 1 heterocycles. The van der Waals surface area contributed by atoms with Crippen molar-refractivity contribution in [1.82, 2.24) is 0 Å². The highest BCUT2D eigenvalue weighted by molar-refractivity contribution is 7.59. The maximum atomic E-state index is 12.1. The molecule has 1 saturated heterocycles. The first-order valence-corrected chi connectivity index (χ1v) is 7.62. The molecule has 0 bridgehead atoms. The average Bonchev–Trinajstić information content (AvgIpc) is 2.57. The lowest BCUT2D eigenvalue weighted by molar-refractivity contribution is -0.149. The molecule has 0 unspecified atom stereocenters. The number of ether oxygens (including phenoxy) is 1. The fourth-order valence-corrected chi connectivity index (χ4v) is 2.86. The van der Waals surface area contributed by atoms with Crippen LogP contribution in [0.15, 0.2) is 11.5 Å². The van der Waals surface area contributed by atoms with Crippen molar-refractivity contribution in [3.8, 4) is 0 Å². The minimum Gasteiger partial charge on any atom is -0.469 e. The van der Waals surface area contributed by atoms with Crippen LogP contribution in [-0.4, -0.2) is 31.4 Å². The molecule has 2 rings (SSSR count). The zero-order valence-corrected chi connectivity index (χ0v) is 15.8. The Morgan fingerprint density at radius 3 is 2.14 bits per heavy atom. The summed E-state index contributed by atoms with van der Waals surface area (Å²) >= 11 is 0. The molecule has 4 nitrogen and oxygen atoms in total. The number of carbonyl (C=O) groups excluding carboxylic acids is 1. The maximum absolute atomic E-state index is 12.1. The Labute approximate surface area is 141 Å². The van der Waals surface area contributed by atoms with E-state index in [1.165, 1.54) is 7.11 Å². The molecule has 1 aliphatic heterocycles. The van der Waals surface area contributed by atoms with Crippen molar-refractivity contribution in [2.75, 3.05) is 7.11 Å². The summed E-state index contributed by atoms with van der Waals surface area (Å²) < 4.78 is 17.2. The second kappa shape index (κ2) is 6.21. The van der Waals surface area contributed by atoms with Crippen molar-refractivity contribution in [2.45, 2.75) is 65.6 Å². The van der Waals surface area contributed by atoms with Crippen LogP contribution in [0, 0.1) is 11.3 Å². The molecule has 6 heteroatoms. The lowest BCUT2D eigenvalue weighted by atomic mass is 9.62. The molecule has 0 aromatic rings. The molecule has 0 radical (unpaired) electrons. The smallest absolute Gasteiger partial charge is 0.469 e. The van der Waals surface area contributed by atoms with Crippen LogP contribution >= 0.6 is 13.5 Å². The van der Waals surface area contributed by atoms with E-state index >= 15 is 0 Å². The van der Waals surface area contributed by atoms with E-state index in [4.69, 9.17) is 14.0 Å². The van der Waals surface area contributed by atoms with Crippen LogP contribution in [0.25, 0.3) is 0 Å². The Morgan fingerprint density at radius 1 is 1.18 bits per heavy atom. The lowest BCUT2D eigenvalue weighted by Gasteiger charge is -2.36. The Hall–Kier alpha value is -0.455. The third-order valence-electron chi connectivity index (χ3n) is 5.32. The molecule has 0 aromatic heterocycles. The quantitative estimate of drug-likeness (QED) is 0.576. The van der Waals surface area contributed by atoms with Crippen LogP contribution in [0.3, 0.4) is 0 Å². The highest BCUT2D eigenvalue weighted by Gasteiger charge is 2.53. The Morgan fingerprint density at radius 2 is 1.68 bits per heavy atom. The highest BCUT2D eigenvalue weighted by atomic mass is 32.1. The van der Waals surface area contributed by atoms with E-state index in [1.54, 1.807) is 0 Å². The molecular formula is C16H29BO4S. The van der Waals surface area contributed by atoms with Gasteiger partial charge in [-0.3, -0.25) is 4.79 Å². The van der Waals surface area contributed by atoms with Crippen LogP contribution < -0.4 is 0 Å². The van der Waals surface area contributed by atoms with Crippen molar-refractivity contribution in [3.63, 3.8) is 0 Å². The molecule has 0 N–H and O–H groups in total. The summed E-state index contributed by atoms with van der Waals surface area (Å²) in [7, 11) is 1.09. The second-order valence-corrected chi connectivity index (χ2v) is 7.84. The summed E-state index contributed by atoms with van der Waals surface area (Å²) in [6.07, 6.45) is 3.63. The molecule has 0 spiro atoms. The van der Waals surface area contributed by atoms with Gasteiger partial charge in [-0.1, -0.05) is 19.9 Å². The summed E-state index contributed by atoms with van der Waals surface area (Å²) in [4.78, 5) is 12.1. The summed E-state index contributed by atoms with van der Waals surface area (Å²) in [5.74, 6) is -0.302. The number of esters is 1. The van der Waals surface area contributed by atoms with Crippen molar-refractivity contribution < 1.29 is 18.8 Å². The molecule has 1 aliphatic carbocycles. The minimum atomic E-state index is -0.363. The third-order valence-corrected chi connectivity index (χ3v) is 5.32. The maximum Gasteiger partial charge on any atom is 0.490 e. The molecule has 0 amide bonds. The number of hydrogen-bond donors (Lipinski definition) is 0. The van der Waals surface area contributed by atoms with Gasteiger partial charge in [0, 0.05) is 0 Å². The van der Waals surface area contributed by atoms with E-state index < -0.39 is 0 Å². The zero-order valence-electron chi connectivity index (χ0n) is 14.8. The standard InChI is InChI=1S/C16H27BO4.H2S/c1-14(2)9-8-11(10-12(14)13(18)19-7)17-20-15(3,4)16(5,6)21-17;/h8,12H,9-10H2,1-7H3;1H2/t12-;/m1./s1. The minimum absolute atomic E-state index is 0. The predicted molar refractivity (Wildman–Crippen MR) is 93.1 cm³/mol. The van der Waals surface area contributed by atoms with Gasteiger partial charge < -0.3 is 14.0 Å². The average molecular weight is 328 g/mol. The molecule has 22 heavy (non-hydrogen) atoms. The van der Waals surface area contributed by atoms with Gasteiger partial charge >= 0.3 is 13.1 Å². The van der Waals surface area contributed by atoms with E-state index in [0.29, 0.717) is 6.42 Å². The van der Waals surface area contributed by atoms with Gasteiger partial charge in [-0.25, -0.2) is 0 Å². The van der Waals surface area contributed by atoms with E-state index in [-0.39, 0.29) is 49.1 Å². The van der Waals surface area contributed by atoms with Crippen molar-refractivity contribution in [1.29, 1.82) is 0 Å². The molecule has 1 atom stereocenters. The van der Waals surface area contributed by atoms with Gasteiger partial charge in [0.15, 0.2) is 0 Å². The van der Waals surface area contributed by atoms with Crippen molar-refractivity contribution in [3.05, 3.63) is 11.5 Å². The fourth-order valence-electron chi connectivity index (χ4n) is 2.86. The number of hydrogen-bond acceptors (Lipinski definition) is 4. The number of methoxy groups -OCH3 is 1. The molecule has 2 aliphatic rings. The van der Waals surface area contributed by atoms with E-state index in [0.717, 1.165) is 11.9 Å². The van der Waals surface area contributed by atoms with Crippen LogP contribution in [0.5, 0.6) is 0 Å². The molecule has 0 aromatic carbocycles. The fraction of sp³-hybridized carbons (Fsp3) is 0.812. The van der Waals surface area contributed by atoms with Gasteiger partial charge in [0.05, 0.1) is 24.2 Å². The predicted octanol–water partition coefficient (Wildman–Crippen LogP) is 3.27. The van der Waals surface area contributed by atoms with Crippen LogP contribution in [0.2, 0.25) is 0 Å². The first kappa shape index (κ1) is 19.6. The van der Waals surface area contributed by atoms with Crippen LogP contribution in [0.1, 0.15) is 54.4 Å². The number of allylic oxidation sites excluding steroid dienone is 2. The third kappa shape index (κ3) is 3.39. The molecule has 0 saturated carbocycles. The Bertz CT molecular complexity index is 455. The van der Waals surface area contributed by atoms with Crippen LogP contribution in [0.4, 0.5) is 0 Å². The molecule has 126 valence electrons. The molecular weight excluding hydrogens is 299 g/mol. The topological polar surface area (TPSA) is 44.8 Å². The van der Waals surface area contributed by atoms with Crippen molar-refractivity contribution in [2.24, 2.45) is 11.3 Å². The largest absolute Gasteiger partial charge is 0.490 e. The molecule has 1 fully saturated rings. The van der Waals surface area contributed by atoms with Gasteiger partial charge in [-0.05, 0) is 51.4 Å². The lowest BCUT2D eigenvalue weighted by Crippen LogP contribution is -2.41.